The molecule has 0 fully saturated rings. The number of hydrogen-bond donors (Lipinski definition) is 3. The van der Waals surface area contributed by atoms with Crippen LogP contribution in [-0.2, 0) is 14.3 Å². The van der Waals surface area contributed by atoms with Crippen molar-refractivity contribution in [1.29, 1.82) is 0 Å². The molecule has 1 aromatic carbocycles. The second kappa shape index (κ2) is 8.23. The zero-order valence-corrected chi connectivity index (χ0v) is 10.9. The molecular weight excluding hydrogens is 246 g/mol. The Hall–Kier alpha value is -1.92. The standard InChI is InChI=1S/C13H19N3O3/c1-19-9-13(18)16-11-6-4-10(5-7-11)15-12(17)3-2-8-14/h4-7H,2-3,8-9,14H2,1H3,(H,15,17)(H,16,18). The van der Waals surface area contributed by atoms with E-state index in [1.54, 1.807) is 24.3 Å². The van der Waals surface area contributed by atoms with Gasteiger partial charge in [-0.2, -0.15) is 0 Å². The summed E-state index contributed by atoms with van der Waals surface area (Å²) in [5.41, 5.74) is 6.67. The Kier molecular flexibility index (Phi) is 6.56. The van der Waals surface area contributed by atoms with Gasteiger partial charge in [0.05, 0.1) is 0 Å². The summed E-state index contributed by atoms with van der Waals surface area (Å²) in [6.07, 6.45) is 1.07. The molecule has 104 valence electrons. The summed E-state index contributed by atoms with van der Waals surface area (Å²) in [6.45, 7) is 0.509. The first-order valence-corrected chi connectivity index (χ1v) is 6.04. The van der Waals surface area contributed by atoms with Gasteiger partial charge in [-0.3, -0.25) is 9.59 Å². The van der Waals surface area contributed by atoms with Crippen molar-refractivity contribution >= 4 is 23.2 Å². The highest BCUT2D eigenvalue weighted by Crippen LogP contribution is 2.13. The van der Waals surface area contributed by atoms with Gasteiger partial charge < -0.3 is 21.1 Å². The van der Waals surface area contributed by atoms with E-state index in [4.69, 9.17) is 10.5 Å². The van der Waals surface area contributed by atoms with Gasteiger partial charge in [0, 0.05) is 24.9 Å². The van der Waals surface area contributed by atoms with Crippen LogP contribution in [0.3, 0.4) is 0 Å². The molecule has 0 heterocycles. The molecule has 0 atom stereocenters. The summed E-state index contributed by atoms with van der Waals surface area (Å²) in [6, 6.07) is 6.88. The molecule has 0 aliphatic carbocycles. The van der Waals surface area contributed by atoms with Crippen LogP contribution in [0, 0.1) is 0 Å². The predicted molar refractivity (Wildman–Crippen MR) is 73.9 cm³/mol. The third-order valence-corrected chi connectivity index (χ3v) is 2.34. The van der Waals surface area contributed by atoms with Gasteiger partial charge in [-0.05, 0) is 37.2 Å². The predicted octanol–water partition coefficient (Wildman–Crippen LogP) is 0.949. The lowest BCUT2D eigenvalue weighted by molar-refractivity contribution is -0.119. The van der Waals surface area contributed by atoms with Gasteiger partial charge in [-0.15, -0.1) is 0 Å². The van der Waals surface area contributed by atoms with Crippen LogP contribution in [0.4, 0.5) is 11.4 Å². The number of hydrogen-bond acceptors (Lipinski definition) is 4. The first kappa shape index (κ1) is 15.1. The van der Waals surface area contributed by atoms with Crippen molar-refractivity contribution in [2.75, 3.05) is 30.9 Å². The van der Waals surface area contributed by atoms with Crippen molar-refractivity contribution in [2.45, 2.75) is 12.8 Å². The van der Waals surface area contributed by atoms with E-state index < -0.39 is 0 Å². The third kappa shape index (κ3) is 5.98. The molecule has 0 aliphatic heterocycles. The van der Waals surface area contributed by atoms with Gasteiger partial charge in [-0.25, -0.2) is 0 Å². The van der Waals surface area contributed by atoms with Crippen LogP contribution in [0.1, 0.15) is 12.8 Å². The fraction of sp³-hybridized carbons (Fsp3) is 0.385. The van der Waals surface area contributed by atoms with Gasteiger partial charge in [0.1, 0.15) is 6.61 Å². The lowest BCUT2D eigenvalue weighted by Gasteiger charge is -2.07. The summed E-state index contributed by atoms with van der Waals surface area (Å²) in [7, 11) is 1.46. The molecule has 1 aromatic rings. The molecule has 0 spiro atoms. The molecule has 2 amide bonds. The number of ether oxygens (including phenoxy) is 1. The van der Waals surface area contributed by atoms with E-state index in [0.717, 1.165) is 0 Å². The van der Waals surface area contributed by atoms with Crippen LogP contribution >= 0.6 is 0 Å². The quantitative estimate of drug-likeness (QED) is 0.684. The van der Waals surface area contributed by atoms with Crippen molar-refractivity contribution in [2.24, 2.45) is 5.73 Å². The first-order valence-electron chi connectivity index (χ1n) is 6.04. The van der Waals surface area contributed by atoms with Crippen molar-refractivity contribution in [3.05, 3.63) is 24.3 Å². The SMILES string of the molecule is COCC(=O)Nc1ccc(NC(=O)CCCN)cc1. The van der Waals surface area contributed by atoms with Gasteiger partial charge >= 0.3 is 0 Å². The normalized spacial score (nSPS) is 10.0. The number of amides is 2. The number of anilines is 2. The maximum atomic E-state index is 11.5. The summed E-state index contributed by atoms with van der Waals surface area (Å²) >= 11 is 0. The summed E-state index contributed by atoms with van der Waals surface area (Å²) in [4.78, 5) is 22.7. The van der Waals surface area contributed by atoms with E-state index >= 15 is 0 Å². The fourth-order valence-corrected chi connectivity index (χ4v) is 1.45. The second-order valence-electron chi connectivity index (χ2n) is 4.00. The minimum Gasteiger partial charge on any atom is -0.375 e. The zero-order chi connectivity index (χ0) is 14.1. The first-order chi connectivity index (χ1) is 9.15. The van der Waals surface area contributed by atoms with Crippen LogP contribution in [0.25, 0.3) is 0 Å². The average Bonchev–Trinajstić information content (AvgIpc) is 2.39. The summed E-state index contributed by atoms with van der Waals surface area (Å²) in [5, 5.41) is 5.42. The molecule has 0 saturated heterocycles. The molecule has 0 saturated carbocycles. The van der Waals surface area contributed by atoms with Crippen LogP contribution in [-0.4, -0.2) is 32.1 Å². The molecular formula is C13H19N3O3. The lowest BCUT2D eigenvalue weighted by atomic mass is 10.2. The second-order valence-corrected chi connectivity index (χ2v) is 4.00. The van der Waals surface area contributed by atoms with E-state index in [-0.39, 0.29) is 18.4 Å². The van der Waals surface area contributed by atoms with E-state index in [1.165, 1.54) is 7.11 Å². The van der Waals surface area contributed by atoms with Crippen LogP contribution in [0.2, 0.25) is 0 Å². The largest absolute Gasteiger partial charge is 0.375 e. The van der Waals surface area contributed by atoms with E-state index in [1.807, 2.05) is 0 Å². The van der Waals surface area contributed by atoms with Crippen molar-refractivity contribution in [3.8, 4) is 0 Å². The molecule has 19 heavy (non-hydrogen) atoms. The Bertz CT molecular complexity index is 418. The molecule has 6 heteroatoms. The van der Waals surface area contributed by atoms with Gasteiger partial charge in [0.2, 0.25) is 11.8 Å². The zero-order valence-electron chi connectivity index (χ0n) is 10.9. The summed E-state index contributed by atoms with van der Waals surface area (Å²) < 4.78 is 4.71. The highest BCUT2D eigenvalue weighted by molar-refractivity contribution is 5.93. The molecule has 1 rings (SSSR count). The Morgan fingerprint density at radius 1 is 1.11 bits per heavy atom. The molecule has 4 N–H and O–H groups in total. The highest BCUT2D eigenvalue weighted by Gasteiger charge is 2.03. The van der Waals surface area contributed by atoms with E-state index in [9.17, 15) is 9.59 Å². The average molecular weight is 265 g/mol. The molecule has 0 aromatic heterocycles. The van der Waals surface area contributed by atoms with Crippen molar-refractivity contribution < 1.29 is 14.3 Å². The minimum absolute atomic E-state index is 0.0115. The van der Waals surface area contributed by atoms with Gasteiger partial charge in [0.15, 0.2) is 0 Å². The molecule has 0 aliphatic rings. The fourth-order valence-electron chi connectivity index (χ4n) is 1.45. The number of carbonyl (C=O) groups excluding carboxylic acids is 2. The number of benzene rings is 1. The molecule has 0 bridgehead atoms. The van der Waals surface area contributed by atoms with Crippen LogP contribution < -0.4 is 16.4 Å². The third-order valence-electron chi connectivity index (χ3n) is 2.34. The van der Waals surface area contributed by atoms with Gasteiger partial charge in [0.25, 0.3) is 0 Å². The van der Waals surface area contributed by atoms with Crippen molar-refractivity contribution in [3.63, 3.8) is 0 Å². The number of nitrogens with one attached hydrogen (secondary N) is 2. The minimum atomic E-state index is -0.220. The molecule has 6 nitrogen and oxygen atoms in total. The number of rotatable bonds is 7. The van der Waals surface area contributed by atoms with Crippen LogP contribution in [0.5, 0.6) is 0 Å². The number of methoxy groups -OCH3 is 1. The molecule has 0 radical (unpaired) electrons. The lowest BCUT2D eigenvalue weighted by Crippen LogP contribution is -2.17. The highest BCUT2D eigenvalue weighted by atomic mass is 16.5. The Balaban J connectivity index is 2.47. The van der Waals surface area contributed by atoms with Gasteiger partial charge in [-0.1, -0.05) is 0 Å². The molecule has 0 unspecified atom stereocenters. The Morgan fingerprint density at radius 3 is 2.11 bits per heavy atom. The monoisotopic (exact) mass is 265 g/mol. The Labute approximate surface area is 112 Å². The maximum absolute atomic E-state index is 11.5. The summed E-state index contributed by atoms with van der Waals surface area (Å²) in [5.74, 6) is -0.288. The van der Waals surface area contributed by atoms with Crippen molar-refractivity contribution in [1.82, 2.24) is 0 Å². The van der Waals surface area contributed by atoms with E-state index in [2.05, 4.69) is 10.6 Å². The topological polar surface area (TPSA) is 93.5 Å². The maximum Gasteiger partial charge on any atom is 0.250 e. The smallest absolute Gasteiger partial charge is 0.250 e. The number of carbonyl (C=O) groups is 2. The van der Waals surface area contributed by atoms with Crippen LogP contribution in [0.15, 0.2) is 24.3 Å². The number of nitrogens with two attached hydrogens (primary N) is 1. The Morgan fingerprint density at radius 2 is 1.63 bits per heavy atom. The van der Waals surface area contributed by atoms with E-state index in [0.29, 0.717) is 30.8 Å².